The van der Waals surface area contributed by atoms with Crippen molar-refractivity contribution in [3.8, 4) is 0 Å². The first-order valence-corrected chi connectivity index (χ1v) is 10.6. The smallest absolute Gasteiger partial charge is 0.230 e. The molecule has 140 valence electrons. The molecule has 6 heteroatoms. The standard InChI is InChI=1S/C20H26BrN3O2/c21-20-11-14-8-15(12-20)10-19(9-14,13-20)18(25)23-16-2-1-3-22-17(16)24-4-6-26-7-5-24/h1-3,14-15H,4-13H2,(H,23,25). The minimum Gasteiger partial charge on any atom is -0.378 e. The highest BCUT2D eigenvalue weighted by Crippen LogP contribution is 2.64. The number of ether oxygens (including phenoxy) is 1. The molecule has 2 atom stereocenters. The van der Waals surface area contributed by atoms with Crippen molar-refractivity contribution in [2.45, 2.75) is 42.8 Å². The summed E-state index contributed by atoms with van der Waals surface area (Å²) in [5, 5.41) is 3.28. The van der Waals surface area contributed by atoms with Crippen LogP contribution in [0.15, 0.2) is 18.3 Å². The third-order valence-corrected chi connectivity index (χ3v) is 7.74. The minimum atomic E-state index is -0.203. The summed E-state index contributed by atoms with van der Waals surface area (Å²) in [4.78, 5) is 20.2. The van der Waals surface area contributed by atoms with E-state index >= 15 is 0 Å². The fraction of sp³-hybridized carbons (Fsp3) is 0.700. The van der Waals surface area contributed by atoms with Crippen LogP contribution in [0.25, 0.3) is 0 Å². The highest BCUT2D eigenvalue weighted by molar-refractivity contribution is 9.10. The van der Waals surface area contributed by atoms with E-state index in [1.165, 1.54) is 19.3 Å². The van der Waals surface area contributed by atoms with Gasteiger partial charge in [0.05, 0.1) is 24.3 Å². The molecule has 4 saturated carbocycles. The second kappa shape index (κ2) is 6.20. The number of anilines is 2. The number of nitrogens with zero attached hydrogens (tertiary/aromatic N) is 2. The molecule has 0 spiro atoms. The predicted molar refractivity (Wildman–Crippen MR) is 105 cm³/mol. The summed E-state index contributed by atoms with van der Waals surface area (Å²) >= 11 is 4.01. The van der Waals surface area contributed by atoms with Crippen LogP contribution in [0.3, 0.4) is 0 Å². The number of carbonyl (C=O) groups is 1. The first kappa shape index (κ1) is 17.0. The topological polar surface area (TPSA) is 54.5 Å². The van der Waals surface area contributed by atoms with E-state index in [0.717, 1.165) is 43.9 Å². The number of aromatic nitrogens is 1. The molecule has 0 aromatic carbocycles. The predicted octanol–water partition coefficient (Wildman–Crippen LogP) is 3.59. The van der Waals surface area contributed by atoms with E-state index < -0.39 is 0 Å². The normalized spacial score (nSPS) is 38.4. The van der Waals surface area contributed by atoms with Gasteiger partial charge in [-0.1, -0.05) is 15.9 Å². The number of amides is 1. The fourth-order valence-corrected chi connectivity index (χ4v) is 7.65. The molecule has 5 nitrogen and oxygen atoms in total. The molecule has 5 fully saturated rings. The molecule has 1 amide bonds. The molecular formula is C20H26BrN3O2. The molecule has 4 aliphatic carbocycles. The third-order valence-electron chi connectivity index (χ3n) is 6.82. The number of morpholine rings is 1. The molecule has 5 aliphatic rings. The Morgan fingerprint density at radius 2 is 1.96 bits per heavy atom. The molecule has 1 saturated heterocycles. The van der Waals surface area contributed by atoms with Crippen molar-refractivity contribution in [1.82, 2.24) is 4.98 Å². The Labute approximate surface area is 163 Å². The number of hydrogen-bond donors (Lipinski definition) is 1. The average molecular weight is 420 g/mol. The van der Waals surface area contributed by atoms with Crippen LogP contribution < -0.4 is 10.2 Å². The largest absolute Gasteiger partial charge is 0.378 e. The molecule has 2 unspecified atom stereocenters. The van der Waals surface area contributed by atoms with E-state index in [-0.39, 0.29) is 15.6 Å². The number of alkyl halides is 1. The van der Waals surface area contributed by atoms with Gasteiger partial charge in [0.25, 0.3) is 0 Å². The van der Waals surface area contributed by atoms with Crippen molar-refractivity contribution >= 4 is 33.3 Å². The Hall–Kier alpha value is -1.14. The van der Waals surface area contributed by atoms with Gasteiger partial charge in [-0.15, -0.1) is 0 Å². The lowest BCUT2D eigenvalue weighted by Crippen LogP contribution is -2.57. The molecule has 4 bridgehead atoms. The maximum Gasteiger partial charge on any atom is 0.230 e. The number of carbonyl (C=O) groups excluding carboxylic acids is 1. The van der Waals surface area contributed by atoms with Crippen LogP contribution in [0.1, 0.15) is 38.5 Å². The third kappa shape index (κ3) is 2.85. The number of rotatable bonds is 3. The first-order valence-electron chi connectivity index (χ1n) is 9.83. The van der Waals surface area contributed by atoms with Crippen molar-refractivity contribution in [1.29, 1.82) is 0 Å². The molecule has 2 heterocycles. The van der Waals surface area contributed by atoms with Crippen molar-refractivity contribution in [3.05, 3.63) is 18.3 Å². The maximum atomic E-state index is 13.4. The first-order chi connectivity index (χ1) is 12.6. The van der Waals surface area contributed by atoms with Gasteiger partial charge in [0.2, 0.25) is 5.91 Å². The quantitative estimate of drug-likeness (QED) is 0.760. The van der Waals surface area contributed by atoms with Crippen LogP contribution in [0.2, 0.25) is 0 Å². The summed E-state index contributed by atoms with van der Waals surface area (Å²) in [6.45, 7) is 3.06. The fourth-order valence-electron chi connectivity index (χ4n) is 6.19. The van der Waals surface area contributed by atoms with Crippen molar-refractivity contribution in [2.75, 3.05) is 36.5 Å². The molecule has 26 heavy (non-hydrogen) atoms. The number of pyridine rings is 1. The number of nitrogens with one attached hydrogen (secondary N) is 1. The Kier molecular flexibility index (Phi) is 4.05. The highest BCUT2D eigenvalue weighted by atomic mass is 79.9. The molecule has 1 aromatic heterocycles. The zero-order valence-electron chi connectivity index (χ0n) is 15.0. The van der Waals surface area contributed by atoms with Gasteiger partial charge in [-0.05, 0) is 62.5 Å². The van der Waals surface area contributed by atoms with E-state index in [4.69, 9.17) is 4.74 Å². The zero-order valence-corrected chi connectivity index (χ0v) is 16.6. The van der Waals surface area contributed by atoms with Gasteiger partial charge < -0.3 is 15.0 Å². The van der Waals surface area contributed by atoms with E-state index in [1.54, 1.807) is 6.20 Å². The molecule has 1 aromatic rings. The Morgan fingerprint density at radius 1 is 1.23 bits per heavy atom. The molecule has 0 radical (unpaired) electrons. The second-order valence-electron chi connectivity index (χ2n) is 8.82. The zero-order chi connectivity index (χ0) is 17.8. The van der Waals surface area contributed by atoms with Crippen LogP contribution >= 0.6 is 15.9 Å². The van der Waals surface area contributed by atoms with Gasteiger partial charge in [0.1, 0.15) is 0 Å². The van der Waals surface area contributed by atoms with Crippen LogP contribution in [0.5, 0.6) is 0 Å². The van der Waals surface area contributed by atoms with Gasteiger partial charge >= 0.3 is 0 Å². The molecule has 1 N–H and O–H groups in total. The summed E-state index contributed by atoms with van der Waals surface area (Å²) in [6, 6.07) is 3.89. The summed E-state index contributed by atoms with van der Waals surface area (Å²) in [7, 11) is 0. The Bertz CT molecular complexity index is 705. The molecular weight excluding hydrogens is 394 g/mol. The van der Waals surface area contributed by atoms with Crippen LogP contribution in [0, 0.1) is 17.3 Å². The van der Waals surface area contributed by atoms with E-state index in [0.29, 0.717) is 25.0 Å². The second-order valence-corrected chi connectivity index (χ2v) is 10.5. The number of halogens is 1. The SMILES string of the molecule is O=C(Nc1cccnc1N1CCOCC1)C12CC3CC(CC(Br)(C3)C1)C2. The lowest BCUT2D eigenvalue weighted by Gasteiger charge is -2.59. The van der Waals surface area contributed by atoms with Crippen molar-refractivity contribution < 1.29 is 9.53 Å². The minimum absolute atomic E-state index is 0.191. The molecule has 1 aliphatic heterocycles. The summed E-state index contributed by atoms with van der Waals surface area (Å²) in [6.07, 6.45) is 8.68. The molecule has 6 rings (SSSR count). The van der Waals surface area contributed by atoms with Gasteiger partial charge in [-0.2, -0.15) is 0 Å². The van der Waals surface area contributed by atoms with E-state index in [1.807, 2.05) is 12.1 Å². The van der Waals surface area contributed by atoms with Crippen LogP contribution in [0.4, 0.5) is 11.5 Å². The average Bonchev–Trinajstić information content (AvgIpc) is 2.61. The summed E-state index contributed by atoms with van der Waals surface area (Å²) in [5.41, 5.74) is 0.643. The van der Waals surface area contributed by atoms with Crippen molar-refractivity contribution in [2.24, 2.45) is 17.3 Å². The van der Waals surface area contributed by atoms with Crippen molar-refractivity contribution in [3.63, 3.8) is 0 Å². The van der Waals surface area contributed by atoms with Gasteiger partial charge in [0, 0.05) is 23.6 Å². The van der Waals surface area contributed by atoms with Crippen LogP contribution in [-0.4, -0.2) is 41.5 Å². The summed E-state index contributed by atoms with van der Waals surface area (Å²) < 4.78 is 5.65. The monoisotopic (exact) mass is 419 g/mol. The van der Waals surface area contributed by atoms with Gasteiger partial charge in [0.15, 0.2) is 5.82 Å². The van der Waals surface area contributed by atoms with Gasteiger partial charge in [-0.3, -0.25) is 4.79 Å². The number of hydrogen-bond acceptors (Lipinski definition) is 4. The maximum absolute atomic E-state index is 13.4. The Balaban J connectivity index is 1.39. The Morgan fingerprint density at radius 3 is 2.65 bits per heavy atom. The summed E-state index contributed by atoms with van der Waals surface area (Å²) in [5.74, 6) is 2.49. The lowest BCUT2D eigenvalue weighted by atomic mass is 9.49. The van der Waals surface area contributed by atoms with Gasteiger partial charge in [-0.25, -0.2) is 4.98 Å². The lowest BCUT2D eigenvalue weighted by molar-refractivity contribution is -0.138. The van der Waals surface area contributed by atoms with E-state index in [2.05, 4.69) is 31.1 Å². The van der Waals surface area contributed by atoms with E-state index in [9.17, 15) is 4.79 Å². The highest BCUT2D eigenvalue weighted by Gasteiger charge is 2.59. The van der Waals surface area contributed by atoms with Crippen LogP contribution in [-0.2, 0) is 9.53 Å².